The summed E-state index contributed by atoms with van der Waals surface area (Å²) in [5, 5.41) is 4.91. The van der Waals surface area contributed by atoms with Crippen molar-refractivity contribution in [2.45, 2.75) is 33.9 Å². The number of aromatic amines is 1. The lowest BCUT2D eigenvalue weighted by atomic mass is 9.97. The molecule has 2 aromatic carbocycles. The molecule has 0 unspecified atom stereocenters. The van der Waals surface area contributed by atoms with Crippen LogP contribution in [0.1, 0.15) is 24.5 Å². The van der Waals surface area contributed by atoms with Crippen LogP contribution in [0.15, 0.2) is 42.7 Å². The molecule has 2 heterocycles. The molecule has 0 radical (unpaired) electrons. The highest BCUT2D eigenvalue weighted by molar-refractivity contribution is 6.16. The fourth-order valence-corrected chi connectivity index (χ4v) is 3.58. The Morgan fingerprint density at radius 1 is 1.08 bits per heavy atom. The average molecular weight is 460 g/mol. The molecule has 4 aromatic rings. The number of para-hydroxylation sites is 1. The topological polar surface area (TPSA) is 46.0 Å². The van der Waals surface area contributed by atoms with Crippen LogP contribution >= 0.6 is 0 Å². The molecule has 26 heavy (non-hydrogen) atoms. The van der Waals surface area contributed by atoms with Gasteiger partial charge in [0.2, 0.25) is 0 Å². The number of halogens is 1. The Kier molecular flexibility index (Phi) is 5.18. The van der Waals surface area contributed by atoms with Gasteiger partial charge < -0.3 is 33.7 Å². The summed E-state index contributed by atoms with van der Waals surface area (Å²) in [4.78, 5) is 15.0. The van der Waals surface area contributed by atoms with Crippen molar-refractivity contribution >= 4 is 38.5 Å². The van der Waals surface area contributed by atoms with Crippen LogP contribution in [0.4, 0.5) is 0 Å². The van der Waals surface area contributed by atoms with Gasteiger partial charge in [-0.3, -0.25) is 4.79 Å². The molecule has 4 nitrogen and oxygen atoms in total. The number of aryl methyl sites for hydroxylation is 2. The number of carbonyl (C=O) groups is 1. The number of ether oxygens (including phenoxy) is 1. The lowest BCUT2D eigenvalue weighted by Crippen LogP contribution is -3.00. The molecule has 0 fully saturated rings. The number of fused-ring (bicyclic) bond motifs is 4. The van der Waals surface area contributed by atoms with Crippen molar-refractivity contribution < 1.29 is 38.1 Å². The predicted molar refractivity (Wildman–Crippen MR) is 99.4 cm³/mol. The zero-order valence-electron chi connectivity index (χ0n) is 15.1. The minimum Gasteiger partial charge on any atom is -1.00 e. The van der Waals surface area contributed by atoms with Gasteiger partial charge in [-0.1, -0.05) is 25.1 Å². The van der Waals surface area contributed by atoms with E-state index in [0.29, 0.717) is 6.42 Å². The molecule has 0 aliphatic rings. The smallest absolute Gasteiger partial charge is 0.310 e. The van der Waals surface area contributed by atoms with Gasteiger partial charge in [-0.2, -0.15) is 4.57 Å². The van der Waals surface area contributed by atoms with E-state index in [2.05, 4.69) is 55.4 Å². The van der Waals surface area contributed by atoms with E-state index in [4.69, 9.17) is 4.74 Å². The number of hydrogen-bond donors (Lipinski definition) is 1. The van der Waals surface area contributed by atoms with Crippen molar-refractivity contribution in [1.29, 1.82) is 0 Å². The van der Waals surface area contributed by atoms with Crippen LogP contribution in [-0.4, -0.2) is 11.0 Å². The Morgan fingerprint density at radius 3 is 2.62 bits per heavy atom. The monoisotopic (exact) mass is 460 g/mol. The summed E-state index contributed by atoms with van der Waals surface area (Å²) in [5.41, 5.74) is 4.83. The third-order valence-electron chi connectivity index (χ3n) is 4.95. The van der Waals surface area contributed by atoms with Gasteiger partial charge in [0.25, 0.3) is 6.73 Å². The van der Waals surface area contributed by atoms with Gasteiger partial charge in [0, 0.05) is 34.2 Å². The molecule has 0 saturated heterocycles. The van der Waals surface area contributed by atoms with Crippen LogP contribution in [0.5, 0.6) is 0 Å². The van der Waals surface area contributed by atoms with E-state index in [1.807, 2.05) is 10.8 Å². The molecule has 2 aromatic heterocycles. The van der Waals surface area contributed by atoms with Gasteiger partial charge in [0.15, 0.2) is 12.4 Å². The van der Waals surface area contributed by atoms with Crippen molar-refractivity contribution in [2.75, 3.05) is 0 Å². The molecule has 1 N–H and O–H groups in total. The zero-order valence-corrected chi connectivity index (χ0v) is 17.3. The number of H-pyrrole nitrogens is 1. The highest BCUT2D eigenvalue weighted by Gasteiger charge is 2.16. The number of benzene rings is 2. The van der Waals surface area contributed by atoms with Crippen LogP contribution in [0.3, 0.4) is 0 Å². The molecule has 0 aliphatic carbocycles. The van der Waals surface area contributed by atoms with Crippen LogP contribution in [-0.2, 0) is 16.3 Å². The van der Waals surface area contributed by atoms with E-state index in [0.717, 1.165) is 5.52 Å². The number of aromatic nitrogens is 2. The lowest BCUT2D eigenvalue weighted by Gasteiger charge is -2.08. The van der Waals surface area contributed by atoms with Gasteiger partial charge in [0.05, 0.1) is 5.52 Å². The van der Waals surface area contributed by atoms with Crippen LogP contribution in [0.25, 0.3) is 32.6 Å². The summed E-state index contributed by atoms with van der Waals surface area (Å²) >= 11 is 0. The lowest BCUT2D eigenvalue weighted by molar-refractivity contribution is -0.726. The Hall–Kier alpha value is -2.15. The number of nitrogens with zero attached hydrogens (tertiary/aromatic N) is 1. The predicted octanol–water partition coefficient (Wildman–Crippen LogP) is 1.29. The molecule has 0 atom stereocenters. The second-order valence-electron chi connectivity index (χ2n) is 6.46. The molecule has 0 amide bonds. The van der Waals surface area contributed by atoms with Crippen molar-refractivity contribution in [3.05, 3.63) is 53.9 Å². The average Bonchev–Trinajstić information content (AvgIpc) is 3.04. The SMILES string of the molecule is CCC(=O)OC[n+]1ccc2c(C)c3[nH]c4ccccc4c3c(C)c2c1.[I-]. The van der Waals surface area contributed by atoms with E-state index in [-0.39, 0.29) is 36.7 Å². The minimum atomic E-state index is -0.187. The second-order valence-corrected chi connectivity index (χ2v) is 6.46. The van der Waals surface area contributed by atoms with Crippen LogP contribution in [0, 0.1) is 13.8 Å². The highest BCUT2D eigenvalue weighted by atomic mass is 127. The third-order valence-corrected chi connectivity index (χ3v) is 4.95. The maximum atomic E-state index is 11.4. The number of esters is 1. The Balaban J connectivity index is 0.00000196. The first kappa shape index (κ1) is 18.6. The molecule has 134 valence electrons. The molecular weight excluding hydrogens is 439 g/mol. The fourth-order valence-electron chi connectivity index (χ4n) is 3.58. The van der Waals surface area contributed by atoms with Gasteiger partial charge in [-0.15, -0.1) is 0 Å². The maximum absolute atomic E-state index is 11.4. The van der Waals surface area contributed by atoms with E-state index in [1.165, 1.54) is 38.2 Å². The van der Waals surface area contributed by atoms with E-state index >= 15 is 0 Å². The van der Waals surface area contributed by atoms with E-state index in [9.17, 15) is 4.79 Å². The third kappa shape index (κ3) is 2.94. The number of hydrogen-bond acceptors (Lipinski definition) is 2. The Bertz CT molecular complexity index is 1130. The molecular formula is C21H21IN2O2. The van der Waals surface area contributed by atoms with Crippen molar-refractivity contribution in [3.8, 4) is 0 Å². The van der Waals surface area contributed by atoms with Gasteiger partial charge in [-0.25, -0.2) is 0 Å². The summed E-state index contributed by atoms with van der Waals surface area (Å²) in [7, 11) is 0. The molecule has 5 heteroatoms. The summed E-state index contributed by atoms with van der Waals surface area (Å²) in [5.74, 6) is -0.187. The first-order chi connectivity index (χ1) is 12.1. The minimum absolute atomic E-state index is 0. The fraction of sp³-hybridized carbons (Fsp3) is 0.238. The van der Waals surface area contributed by atoms with Crippen LogP contribution < -0.4 is 28.5 Å². The van der Waals surface area contributed by atoms with E-state index in [1.54, 1.807) is 6.92 Å². The Labute approximate surface area is 169 Å². The number of rotatable bonds is 3. The number of nitrogens with one attached hydrogen (secondary N) is 1. The summed E-state index contributed by atoms with van der Waals surface area (Å²) in [6.45, 7) is 6.36. The van der Waals surface area contributed by atoms with Crippen LogP contribution in [0.2, 0.25) is 0 Å². The second kappa shape index (κ2) is 7.23. The first-order valence-electron chi connectivity index (χ1n) is 8.58. The van der Waals surface area contributed by atoms with Gasteiger partial charge in [-0.05, 0) is 36.4 Å². The van der Waals surface area contributed by atoms with Gasteiger partial charge in [0.1, 0.15) is 0 Å². The normalized spacial score (nSPS) is 11.0. The Morgan fingerprint density at radius 2 is 1.85 bits per heavy atom. The number of carbonyl (C=O) groups excluding carboxylic acids is 1. The standard InChI is InChI=1S/C21H20N2O2.HI/c1-4-19(24)25-12-23-10-9-15-14(3)21-20(13(2)17(15)11-23)16-7-5-6-8-18(16)22-21;/h5-11H,4,12H2,1-3H3;1H. The number of pyridine rings is 1. The molecule has 0 spiro atoms. The molecule has 0 aliphatic heterocycles. The molecule has 0 saturated carbocycles. The summed E-state index contributed by atoms with van der Waals surface area (Å²) in [6, 6.07) is 10.5. The van der Waals surface area contributed by atoms with E-state index < -0.39 is 0 Å². The largest absolute Gasteiger partial charge is 1.00 e. The van der Waals surface area contributed by atoms with Crippen molar-refractivity contribution in [2.24, 2.45) is 0 Å². The van der Waals surface area contributed by atoms with Gasteiger partial charge >= 0.3 is 5.97 Å². The first-order valence-corrected chi connectivity index (χ1v) is 8.58. The summed E-state index contributed by atoms with van der Waals surface area (Å²) in [6.07, 6.45) is 4.43. The van der Waals surface area contributed by atoms with Crippen molar-refractivity contribution in [1.82, 2.24) is 4.98 Å². The highest BCUT2D eigenvalue weighted by Crippen LogP contribution is 2.35. The maximum Gasteiger partial charge on any atom is 0.310 e. The zero-order chi connectivity index (χ0) is 17.6. The molecule has 0 bridgehead atoms. The quantitative estimate of drug-likeness (QED) is 0.285. The summed E-state index contributed by atoms with van der Waals surface area (Å²) < 4.78 is 7.18. The van der Waals surface area contributed by atoms with Crippen molar-refractivity contribution in [3.63, 3.8) is 0 Å². The molecule has 4 rings (SSSR count).